The van der Waals surface area contributed by atoms with Crippen LogP contribution in [0.1, 0.15) is 53.4 Å². The third kappa shape index (κ3) is 3.07. The lowest BCUT2D eigenvalue weighted by Gasteiger charge is -2.42. The molecule has 0 aromatic heterocycles. The lowest BCUT2D eigenvalue weighted by Crippen LogP contribution is -2.50. The molecule has 0 spiro atoms. The van der Waals surface area contributed by atoms with Crippen molar-refractivity contribution in [2.24, 2.45) is 5.92 Å². The fraction of sp³-hybridized carbons (Fsp3) is 0.867. The van der Waals surface area contributed by atoms with E-state index in [9.17, 15) is 9.59 Å². The summed E-state index contributed by atoms with van der Waals surface area (Å²) in [5, 5.41) is 0. The van der Waals surface area contributed by atoms with Crippen molar-refractivity contribution in [3.05, 3.63) is 0 Å². The van der Waals surface area contributed by atoms with Crippen molar-refractivity contribution in [3.63, 3.8) is 0 Å². The van der Waals surface area contributed by atoms with Gasteiger partial charge in [-0.2, -0.15) is 0 Å². The fourth-order valence-corrected chi connectivity index (χ4v) is 3.31. The average Bonchev–Trinajstić information content (AvgIpc) is 2.78. The van der Waals surface area contributed by atoms with E-state index in [2.05, 4.69) is 0 Å². The Morgan fingerprint density at radius 1 is 1.30 bits per heavy atom. The number of hydrogen-bond acceptors (Lipinski definition) is 4. The van der Waals surface area contributed by atoms with Crippen LogP contribution in [-0.4, -0.2) is 41.3 Å². The Kier molecular flexibility index (Phi) is 3.98. The van der Waals surface area contributed by atoms with Gasteiger partial charge in [0.05, 0.1) is 6.61 Å². The van der Waals surface area contributed by atoms with Crippen molar-refractivity contribution in [2.75, 3.05) is 13.2 Å². The molecule has 0 aromatic rings. The molecule has 1 amide bonds. The van der Waals surface area contributed by atoms with Crippen LogP contribution in [0.25, 0.3) is 0 Å². The third-order valence-corrected chi connectivity index (χ3v) is 4.06. The molecular formula is C15H25NO4. The van der Waals surface area contributed by atoms with E-state index in [-0.39, 0.29) is 17.6 Å². The molecule has 5 heteroatoms. The summed E-state index contributed by atoms with van der Waals surface area (Å²) >= 11 is 0. The number of amides is 1. The molecule has 2 saturated heterocycles. The number of carbonyl (C=O) groups is 2. The van der Waals surface area contributed by atoms with Gasteiger partial charge in [0.25, 0.3) is 0 Å². The molecule has 2 aliphatic heterocycles. The first kappa shape index (κ1) is 15.1. The first-order chi connectivity index (χ1) is 9.26. The molecule has 0 aromatic carbocycles. The molecular weight excluding hydrogens is 258 g/mol. The van der Waals surface area contributed by atoms with Gasteiger partial charge in [0.15, 0.2) is 0 Å². The summed E-state index contributed by atoms with van der Waals surface area (Å²) in [6, 6.07) is 0. The normalized spacial score (nSPS) is 28.0. The third-order valence-electron chi connectivity index (χ3n) is 4.06. The summed E-state index contributed by atoms with van der Waals surface area (Å²) in [5.41, 5.74) is -0.647. The van der Waals surface area contributed by atoms with Crippen LogP contribution in [0, 0.1) is 5.92 Å². The van der Waals surface area contributed by atoms with E-state index in [0.29, 0.717) is 25.4 Å². The van der Waals surface area contributed by atoms with Crippen molar-refractivity contribution in [3.8, 4) is 0 Å². The SMILES string of the molecule is CCOC(=O)CCC12CC(CN1C(=O)OC(C)(C)C)C2. The van der Waals surface area contributed by atoms with Gasteiger partial charge in [0.2, 0.25) is 0 Å². The zero-order valence-corrected chi connectivity index (χ0v) is 12.9. The Balaban J connectivity index is 1.93. The van der Waals surface area contributed by atoms with E-state index in [1.807, 2.05) is 25.7 Å². The molecule has 0 radical (unpaired) electrons. The lowest BCUT2D eigenvalue weighted by atomic mass is 9.71. The minimum Gasteiger partial charge on any atom is -0.466 e. The molecule has 2 bridgehead atoms. The minimum atomic E-state index is -0.480. The fourth-order valence-electron chi connectivity index (χ4n) is 3.31. The number of ether oxygens (including phenoxy) is 2. The predicted octanol–water partition coefficient (Wildman–Crippen LogP) is 2.73. The maximum absolute atomic E-state index is 12.3. The highest BCUT2D eigenvalue weighted by molar-refractivity contribution is 5.72. The van der Waals surface area contributed by atoms with Gasteiger partial charge in [-0.1, -0.05) is 0 Å². The van der Waals surface area contributed by atoms with Crippen LogP contribution in [-0.2, 0) is 14.3 Å². The van der Waals surface area contributed by atoms with Gasteiger partial charge in [-0.25, -0.2) is 4.79 Å². The summed E-state index contributed by atoms with van der Waals surface area (Å²) in [7, 11) is 0. The van der Waals surface area contributed by atoms with E-state index in [4.69, 9.17) is 9.47 Å². The van der Waals surface area contributed by atoms with Gasteiger partial charge < -0.3 is 14.4 Å². The van der Waals surface area contributed by atoms with E-state index >= 15 is 0 Å². The molecule has 1 aliphatic carbocycles. The number of hydrogen-bond donors (Lipinski definition) is 0. The number of rotatable bonds is 4. The Morgan fingerprint density at radius 3 is 2.50 bits per heavy atom. The van der Waals surface area contributed by atoms with Crippen LogP contribution < -0.4 is 0 Å². The molecule has 0 atom stereocenters. The number of nitrogens with zero attached hydrogens (tertiary/aromatic N) is 1. The molecule has 0 N–H and O–H groups in total. The molecule has 1 saturated carbocycles. The highest BCUT2D eigenvalue weighted by Gasteiger charge is 2.58. The van der Waals surface area contributed by atoms with Gasteiger partial charge in [0, 0.05) is 18.5 Å². The van der Waals surface area contributed by atoms with Crippen LogP contribution in [0.15, 0.2) is 0 Å². The van der Waals surface area contributed by atoms with Crippen molar-refractivity contribution in [1.29, 1.82) is 0 Å². The first-order valence-corrected chi connectivity index (χ1v) is 7.42. The largest absolute Gasteiger partial charge is 0.466 e. The average molecular weight is 283 g/mol. The van der Waals surface area contributed by atoms with Crippen molar-refractivity contribution < 1.29 is 19.1 Å². The summed E-state index contributed by atoms with van der Waals surface area (Å²) in [4.78, 5) is 25.6. The topological polar surface area (TPSA) is 55.8 Å². The maximum Gasteiger partial charge on any atom is 0.410 e. The molecule has 0 unspecified atom stereocenters. The Hall–Kier alpha value is -1.26. The van der Waals surface area contributed by atoms with E-state index < -0.39 is 5.60 Å². The maximum atomic E-state index is 12.3. The molecule has 3 aliphatic rings. The second kappa shape index (κ2) is 5.26. The number of carbonyl (C=O) groups excluding carboxylic acids is 2. The highest BCUT2D eigenvalue weighted by atomic mass is 16.6. The molecule has 5 nitrogen and oxygen atoms in total. The highest BCUT2D eigenvalue weighted by Crippen LogP contribution is 2.53. The van der Waals surface area contributed by atoms with Crippen molar-refractivity contribution in [1.82, 2.24) is 4.90 Å². The van der Waals surface area contributed by atoms with Gasteiger partial charge in [-0.3, -0.25) is 4.79 Å². The molecule has 3 rings (SSSR count). The van der Waals surface area contributed by atoms with Crippen LogP contribution in [0.4, 0.5) is 4.79 Å². The molecule has 20 heavy (non-hydrogen) atoms. The smallest absolute Gasteiger partial charge is 0.410 e. The zero-order chi connectivity index (χ0) is 15.0. The van der Waals surface area contributed by atoms with Gasteiger partial charge >= 0.3 is 12.1 Å². The lowest BCUT2D eigenvalue weighted by molar-refractivity contribution is -0.144. The Morgan fingerprint density at radius 2 is 1.95 bits per heavy atom. The zero-order valence-electron chi connectivity index (χ0n) is 12.9. The van der Waals surface area contributed by atoms with Gasteiger partial charge in [-0.15, -0.1) is 0 Å². The number of fused-ring (bicyclic) bond motifs is 1. The van der Waals surface area contributed by atoms with E-state index in [1.165, 1.54) is 0 Å². The van der Waals surface area contributed by atoms with Crippen LogP contribution in [0.2, 0.25) is 0 Å². The number of esters is 1. The van der Waals surface area contributed by atoms with Gasteiger partial charge in [-0.05, 0) is 52.9 Å². The standard InChI is InChI=1S/C15H25NO4/c1-5-19-12(17)6-7-15-8-11(9-15)10-16(15)13(18)20-14(2,3)4/h11H,5-10H2,1-4H3. The summed E-state index contributed by atoms with van der Waals surface area (Å²) < 4.78 is 10.4. The Labute approximate surface area is 120 Å². The second-order valence-electron chi connectivity index (χ2n) is 6.89. The first-order valence-electron chi connectivity index (χ1n) is 7.42. The van der Waals surface area contributed by atoms with Crippen molar-refractivity contribution in [2.45, 2.75) is 64.5 Å². The van der Waals surface area contributed by atoms with E-state index in [0.717, 1.165) is 19.4 Å². The summed E-state index contributed by atoms with van der Waals surface area (Å²) in [6.45, 7) is 8.59. The van der Waals surface area contributed by atoms with Crippen molar-refractivity contribution >= 4 is 12.1 Å². The quantitative estimate of drug-likeness (QED) is 0.744. The predicted molar refractivity (Wildman–Crippen MR) is 74.3 cm³/mol. The van der Waals surface area contributed by atoms with Gasteiger partial charge in [0.1, 0.15) is 5.60 Å². The monoisotopic (exact) mass is 283 g/mol. The van der Waals surface area contributed by atoms with E-state index in [1.54, 1.807) is 6.92 Å². The molecule has 2 heterocycles. The molecule has 3 fully saturated rings. The summed E-state index contributed by atoms with van der Waals surface area (Å²) in [5.74, 6) is 0.395. The van der Waals surface area contributed by atoms with Crippen LogP contribution in [0.3, 0.4) is 0 Å². The second-order valence-corrected chi connectivity index (χ2v) is 6.89. The van der Waals surface area contributed by atoms with Crippen LogP contribution in [0.5, 0.6) is 0 Å². The Bertz CT molecular complexity index is 393. The molecule has 114 valence electrons. The summed E-state index contributed by atoms with van der Waals surface area (Å²) in [6.07, 6.45) is 2.79. The van der Waals surface area contributed by atoms with Crippen LogP contribution >= 0.6 is 0 Å². The minimum absolute atomic E-state index is 0.167.